The molecule has 3 rings (SSSR count). The van der Waals surface area contributed by atoms with Gasteiger partial charge in [0.15, 0.2) is 0 Å². The molecule has 0 unspecified atom stereocenters. The molecule has 0 radical (unpaired) electrons. The molecule has 2 aromatic rings. The van der Waals surface area contributed by atoms with Crippen molar-refractivity contribution in [2.75, 3.05) is 36.1 Å². The average molecular weight is 324 g/mol. The van der Waals surface area contributed by atoms with Gasteiger partial charge in [-0.2, -0.15) is 0 Å². The number of nitrogens with one attached hydrogen (secondary N) is 2. The van der Waals surface area contributed by atoms with Gasteiger partial charge < -0.3 is 21.1 Å². The smallest absolute Gasteiger partial charge is 0.0706 e. The number of aliphatic hydroxyl groups excluding tert-OH is 1. The van der Waals surface area contributed by atoms with Crippen LogP contribution in [-0.2, 0) is 0 Å². The van der Waals surface area contributed by atoms with Gasteiger partial charge in [-0.1, -0.05) is 12.1 Å². The van der Waals surface area contributed by atoms with Gasteiger partial charge in [-0.05, 0) is 43.2 Å². The van der Waals surface area contributed by atoms with Crippen molar-refractivity contribution in [3.05, 3.63) is 53.6 Å². The van der Waals surface area contributed by atoms with E-state index in [1.165, 1.54) is 0 Å². The molecule has 1 saturated heterocycles. The number of anilines is 3. The normalized spacial score (nSPS) is 15.3. The number of aliphatic hydroxyl groups is 1. The number of nitrogen functional groups attached to an aromatic ring is 1. The third kappa shape index (κ3) is 3.36. The maximum atomic E-state index is 9.61. The van der Waals surface area contributed by atoms with Crippen LogP contribution in [0.2, 0.25) is 0 Å². The molecule has 0 amide bonds. The molecule has 5 heteroatoms. The van der Waals surface area contributed by atoms with Gasteiger partial charge in [-0.3, -0.25) is 5.41 Å². The molecule has 0 aliphatic carbocycles. The number of nitrogens with two attached hydrogens (primary N) is 1. The number of nitrogens with zero attached hydrogens (tertiary/aromatic N) is 1. The second-order valence-electron chi connectivity index (χ2n) is 6.19. The van der Waals surface area contributed by atoms with Gasteiger partial charge in [0.05, 0.1) is 11.8 Å². The lowest BCUT2D eigenvalue weighted by Crippen LogP contribution is -2.35. The first kappa shape index (κ1) is 16.3. The summed E-state index contributed by atoms with van der Waals surface area (Å²) in [6.45, 7) is 1.74. The van der Waals surface area contributed by atoms with Crippen molar-refractivity contribution in [2.24, 2.45) is 0 Å². The fourth-order valence-corrected chi connectivity index (χ4v) is 3.05. The largest absolute Gasteiger partial charge is 0.398 e. The van der Waals surface area contributed by atoms with Crippen LogP contribution < -0.4 is 16.0 Å². The maximum Gasteiger partial charge on any atom is 0.0706 e. The molecule has 0 aromatic heterocycles. The molecule has 2 aromatic carbocycles. The fourth-order valence-electron chi connectivity index (χ4n) is 3.05. The van der Waals surface area contributed by atoms with Crippen molar-refractivity contribution >= 4 is 22.8 Å². The zero-order chi connectivity index (χ0) is 17.1. The van der Waals surface area contributed by atoms with E-state index in [2.05, 4.69) is 10.2 Å². The lowest BCUT2D eigenvalue weighted by Gasteiger charge is -2.31. The van der Waals surface area contributed by atoms with Crippen LogP contribution >= 0.6 is 0 Å². The molecular weight excluding hydrogens is 300 g/mol. The fraction of sp³-hybridized carbons (Fsp3) is 0.316. The molecule has 24 heavy (non-hydrogen) atoms. The van der Waals surface area contributed by atoms with Crippen molar-refractivity contribution < 1.29 is 5.11 Å². The summed E-state index contributed by atoms with van der Waals surface area (Å²) >= 11 is 0. The summed E-state index contributed by atoms with van der Waals surface area (Å²) in [6, 6.07) is 13.6. The van der Waals surface area contributed by atoms with E-state index in [0.717, 1.165) is 48.4 Å². The van der Waals surface area contributed by atoms with Gasteiger partial charge in [-0.15, -0.1) is 0 Å². The lowest BCUT2D eigenvalue weighted by atomic mass is 9.99. The molecule has 0 spiro atoms. The van der Waals surface area contributed by atoms with Crippen LogP contribution in [0.5, 0.6) is 0 Å². The topological polar surface area (TPSA) is 85.4 Å². The highest BCUT2D eigenvalue weighted by Gasteiger charge is 2.17. The van der Waals surface area contributed by atoms with Gasteiger partial charge in [0, 0.05) is 48.3 Å². The highest BCUT2D eigenvalue weighted by atomic mass is 16.3. The van der Waals surface area contributed by atoms with Gasteiger partial charge in [0.25, 0.3) is 0 Å². The van der Waals surface area contributed by atoms with E-state index in [0.29, 0.717) is 11.4 Å². The molecule has 5 N–H and O–H groups in total. The van der Waals surface area contributed by atoms with Crippen molar-refractivity contribution in [2.45, 2.75) is 18.9 Å². The second kappa shape index (κ2) is 6.93. The Morgan fingerprint density at radius 1 is 1.17 bits per heavy atom. The first-order valence-electron chi connectivity index (χ1n) is 8.28. The summed E-state index contributed by atoms with van der Waals surface area (Å²) in [5, 5.41) is 21.2. The van der Waals surface area contributed by atoms with Crippen LogP contribution in [0.1, 0.15) is 24.0 Å². The van der Waals surface area contributed by atoms with E-state index in [-0.39, 0.29) is 6.10 Å². The van der Waals surface area contributed by atoms with Crippen LogP contribution in [-0.4, -0.2) is 37.1 Å². The van der Waals surface area contributed by atoms with Crippen molar-refractivity contribution in [3.8, 4) is 0 Å². The predicted molar refractivity (Wildman–Crippen MR) is 100 cm³/mol. The molecule has 1 fully saturated rings. The molecule has 1 heterocycles. The van der Waals surface area contributed by atoms with Gasteiger partial charge in [0.2, 0.25) is 0 Å². The van der Waals surface area contributed by atoms with Crippen LogP contribution in [0.25, 0.3) is 0 Å². The minimum Gasteiger partial charge on any atom is -0.398 e. The minimum absolute atomic E-state index is 0.170. The Morgan fingerprint density at radius 3 is 2.46 bits per heavy atom. The summed E-state index contributed by atoms with van der Waals surface area (Å²) in [6.07, 6.45) is 1.45. The van der Waals surface area contributed by atoms with Gasteiger partial charge >= 0.3 is 0 Å². The lowest BCUT2D eigenvalue weighted by molar-refractivity contribution is 0.145. The highest BCUT2D eigenvalue weighted by Crippen LogP contribution is 2.24. The van der Waals surface area contributed by atoms with Crippen molar-refractivity contribution in [1.82, 2.24) is 0 Å². The standard InChI is InChI=1S/C19H24N4O/c1-22-14-4-7-18(20)17(12-14)19(21)13-2-5-15(6-3-13)23-10-8-16(24)9-11-23/h2-7,12,16,21-22,24H,8-11,20H2,1H3. The number of benzene rings is 2. The molecule has 0 atom stereocenters. The molecule has 126 valence electrons. The van der Waals surface area contributed by atoms with Crippen molar-refractivity contribution in [3.63, 3.8) is 0 Å². The monoisotopic (exact) mass is 324 g/mol. The van der Waals surface area contributed by atoms with E-state index in [1.807, 2.05) is 49.5 Å². The Balaban J connectivity index is 1.79. The maximum absolute atomic E-state index is 9.61. The molecule has 5 nitrogen and oxygen atoms in total. The number of rotatable bonds is 4. The third-order valence-electron chi connectivity index (χ3n) is 4.60. The van der Waals surface area contributed by atoms with Crippen LogP contribution in [0.15, 0.2) is 42.5 Å². The summed E-state index contributed by atoms with van der Waals surface area (Å²) in [4.78, 5) is 2.27. The van der Waals surface area contributed by atoms with Crippen LogP contribution in [0, 0.1) is 5.41 Å². The zero-order valence-electron chi connectivity index (χ0n) is 13.9. The Labute approximate surface area is 142 Å². The number of piperidine rings is 1. The first-order valence-corrected chi connectivity index (χ1v) is 8.28. The van der Waals surface area contributed by atoms with Gasteiger partial charge in [-0.25, -0.2) is 0 Å². The summed E-state index contributed by atoms with van der Waals surface area (Å²) in [5.41, 5.74) is 10.7. The average Bonchev–Trinajstić information content (AvgIpc) is 2.62. The van der Waals surface area contributed by atoms with Gasteiger partial charge in [0.1, 0.15) is 0 Å². The highest BCUT2D eigenvalue weighted by molar-refractivity contribution is 6.14. The first-order chi connectivity index (χ1) is 11.6. The Bertz CT molecular complexity index is 719. The third-order valence-corrected chi connectivity index (χ3v) is 4.60. The Hall–Kier alpha value is -2.53. The summed E-state index contributed by atoms with van der Waals surface area (Å²) < 4.78 is 0. The SMILES string of the molecule is CNc1ccc(N)c(C(=N)c2ccc(N3CCC(O)CC3)cc2)c1. The molecule has 0 bridgehead atoms. The quantitative estimate of drug-likeness (QED) is 0.514. The number of hydrogen-bond donors (Lipinski definition) is 4. The Kier molecular flexibility index (Phi) is 4.71. The van der Waals surface area contributed by atoms with Crippen LogP contribution in [0.4, 0.5) is 17.1 Å². The van der Waals surface area contributed by atoms with E-state index in [1.54, 1.807) is 0 Å². The van der Waals surface area contributed by atoms with Crippen LogP contribution in [0.3, 0.4) is 0 Å². The minimum atomic E-state index is -0.170. The molecule has 1 aliphatic rings. The molecule has 1 aliphatic heterocycles. The zero-order valence-corrected chi connectivity index (χ0v) is 13.9. The van der Waals surface area contributed by atoms with E-state index >= 15 is 0 Å². The summed E-state index contributed by atoms with van der Waals surface area (Å²) in [5.74, 6) is 0. The van der Waals surface area contributed by atoms with E-state index in [9.17, 15) is 5.11 Å². The number of hydrogen-bond acceptors (Lipinski definition) is 5. The summed E-state index contributed by atoms with van der Waals surface area (Å²) in [7, 11) is 1.85. The molecule has 0 saturated carbocycles. The predicted octanol–water partition coefficient (Wildman–Crippen LogP) is 2.69. The Morgan fingerprint density at radius 2 is 1.83 bits per heavy atom. The second-order valence-corrected chi connectivity index (χ2v) is 6.19. The molecular formula is C19H24N4O. The van der Waals surface area contributed by atoms with Crippen molar-refractivity contribution in [1.29, 1.82) is 5.41 Å². The van der Waals surface area contributed by atoms with E-state index in [4.69, 9.17) is 11.1 Å². The van der Waals surface area contributed by atoms with E-state index < -0.39 is 0 Å².